The molecule has 0 bridgehead atoms. The van der Waals surface area contributed by atoms with Gasteiger partial charge in [0.1, 0.15) is 0 Å². The summed E-state index contributed by atoms with van der Waals surface area (Å²) in [6.45, 7) is 4.20. The van der Waals surface area contributed by atoms with Crippen molar-refractivity contribution in [3.05, 3.63) is 29.8 Å². The van der Waals surface area contributed by atoms with Crippen LogP contribution in [0, 0.1) is 0 Å². The third-order valence-corrected chi connectivity index (χ3v) is 2.38. The van der Waals surface area contributed by atoms with Gasteiger partial charge in [0.2, 0.25) is 5.91 Å². The molecule has 1 N–H and O–H groups in total. The van der Waals surface area contributed by atoms with Crippen molar-refractivity contribution in [2.45, 2.75) is 39.5 Å². The van der Waals surface area contributed by atoms with Crippen molar-refractivity contribution in [2.24, 2.45) is 0 Å². The van der Waals surface area contributed by atoms with E-state index in [0.717, 1.165) is 24.9 Å². The van der Waals surface area contributed by atoms with Crippen LogP contribution in [-0.4, -0.2) is 5.91 Å². The molecule has 82 valence electrons. The van der Waals surface area contributed by atoms with Gasteiger partial charge in [0.15, 0.2) is 0 Å². The molecule has 2 heteroatoms. The second-order valence-electron chi connectivity index (χ2n) is 3.71. The van der Waals surface area contributed by atoms with Gasteiger partial charge in [-0.05, 0) is 30.5 Å². The summed E-state index contributed by atoms with van der Waals surface area (Å²) in [5, 5.41) is 2.91. The first-order chi connectivity index (χ1) is 7.26. The molecular weight excluding hydrogens is 186 g/mol. The van der Waals surface area contributed by atoms with Crippen LogP contribution in [0.3, 0.4) is 0 Å². The van der Waals surface area contributed by atoms with Crippen molar-refractivity contribution < 1.29 is 4.79 Å². The minimum Gasteiger partial charge on any atom is -0.326 e. The van der Waals surface area contributed by atoms with Gasteiger partial charge in [0.05, 0.1) is 0 Å². The van der Waals surface area contributed by atoms with E-state index >= 15 is 0 Å². The van der Waals surface area contributed by atoms with Crippen LogP contribution in [-0.2, 0) is 11.2 Å². The third-order valence-electron chi connectivity index (χ3n) is 2.38. The number of nitrogens with one attached hydrogen (secondary N) is 1. The molecule has 0 radical (unpaired) electrons. The average Bonchev–Trinajstić information content (AvgIpc) is 2.26. The summed E-state index contributed by atoms with van der Waals surface area (Å²) < 4.78 is 0. The van der Waals surface area contributed by atoms with Crippen LogP contribution >= 0.6 is 0 Å². The zero-order valence-corrected chi connectivity index (χ0v) is 9.55. The van der Waals surface area contributed by atoms with Crippen LogP contribution in [0.5, 0.6) is 0 Å². The zero-order valence-electron chi connectivity index (χ0n) is 9.55. The van der Waals surface area contributed by atoms with Crippen LogP contribution in [0.15, 0.2) is 24.3 Å². The van der Waals surface area contributed by atoms with Crippen molar-refractivity contribution in [1.82, 2.24) is 0 Å². The van der Waals surface area contributed by atoms with Crippen LogP contribution in [0.4, 0.5) is 5.69 Å². The molecule has 2 nitrogen and oxygen atoms in total. The lowest BCUT2D eigenvalue weighted by atomic mass is 10.1. The van der Waals surface area contributed by atoms with Crippen LogP contribution in [0.1, 0.15) is 38.7 Å². The van der Waals surface area contributed by atoms with Gasteiger partial charge < -0.3 is 5.32 Å². The molecule has 0 aromatic heterocycles. The van der Waals surface area contributed by atoms with Gasteiger partial charge in [-0.3, -0.25) is 4.79 Å². The second-order valence-corrected chi connectivity index (χ2v) is 3.71. The molecule has 0 saturated carbocycles. The first-order valence-corrected chi connectivity index (χ1v) is 5.65. The summed E-state index contributed by atoms with van der Waals surface area (Å²) in [5.74, 6) is 0.116. The van der Waals surface area contributed by atoms with Gasteiger partial charge in [0, 0.05) is 12.1 Å². The molecule has 0 aliphatic rings. The van der Waals surface area contributed by atoms with E-state index in [0.29, 0.717) is 6.42 Å². The highest BCUT2D eigenvalue weighted by Gasteiger charge is 2.01. The molecule has 0 atom stereocenters. The molecule has 0 aliphatic heterocycles. The number of amides is 1. The van der Waals surface area contributed by atoms with E-state index in [4.69, 9.17) is 0 Å². The maximum absolute atomic E-state index is 11.5. The quantitative estimate of drug-likeness (QED) is 0.784. The van der Waals surface area contributed by atoms with Crippen molar-refractivity contribution in [3.8, 4) is 0 Å². The van der Waals surface area contributed by atoms with Gasteiger partial charge in [-0.2, -0.15) is 0 Å². The maximum Gasteiger partial charge on any atom is 0.224 e. The SMILES string of the molecule is CCCCC(=O)Nc1cccc(CC)c1. The first kappa shape index (κ1) is 11.8. The van der Waals surface area contributed by atoms with Crippen molar-refractivity contribution in [1.29, 1.82) is 0 Å². The molecule has 1 aromatic carbocycles. The van der Waals surface area contributed by atoms with Gasteiger partial charge in [-0.1, -0.05) is 32.4 Å². The molecule has 1 amide bonds. The highest BCUT2D eigenvalue weighted by atomic mass is 16.1. The van der Waals surface area contributed by atoms with E-state index in [1.807, 2.05) is 18.2 Å². The van der Waals surface area contributed by atoms with Crippen molar-refractivity contribution in [2.75, 3.05) is 5.32 Å². The molecule has 1 aromatic rings. The Balaban J connectivity index is 2.52. The number of benzene rings is 1. The minimum atomic E-state index is 0.116. The Morgan fingerprint density at radius 3 is 2.80 bits per heavy atom. The number of carbonyl (C=O) groups is 1. The fraction of sp³-hybridized carbons (Fsp3) is 0.462. The molecular formula is C13H19NO. The molecule has 0 unspecified atom stereocenters. The third kappa shape index (κ3) is 4.15. The highest BCUT2D eigenvalue weighted by Crippen LogP contribution is 2.11. The Hall–Kier alpha value is -1.31. The Bertz CT molecular complexity index is 320. The number of rotatable bonds is 5. The second kappa shape index (κ2) is 6.23. The minimum absolute atomic E-state index is 0.116. The first-order valence-electron chi connectivity index (χ1n) is 5.65. The van der Waals surface area contributed by atoms with Gasteiger partial charge in [-0.15, -0.1) is 0 Å². The fourth-order valence-electron chi connectivity index (χ4n) is 1.43. The molecule has 1 rings (SSSR count). The van der Waals surface area contributed by atoms with E-state index in [1.165, 1.54) is 5.56 Å². The van der Waals surface area contributed by atoms with Gasteiger partial charge in [0.25, 0.3) is 0 Å². The topological polar surface area (TPSA) is 29.1 Å². The van der Waals surface area contributed by atoms with Crippen LogP contribution in [0.2, 0.25) is 0 Å². The zero-order chi connectivity index (χ0) is 11.1. The number of hydrogen-bond donors (Lipinski definition) is 1. The van der Waals surface area contributed by atoms with Gasteiger partial charge in [-0.25, -0.2) is 0 Å². The molecule has 0 fully saturated rings. The van der Waals surface area contributed by atoms with E-state index in [-0.39, 0.29) is 5.91 Å². The summed E-state index contributed by atoms with van der Waals surface area (Å²) in [6, 6.07) is 8.02. The maximum atomic E-state index is 11.5. The average molecular weight is 205 g/mol. The lowest BCUT2D eigenvalue weighted by Crippen LogP contribution is -2.10. The Kier molecular flexibility index (Phi) is 4.88. The lowest BCUT2D eigenvalue weighted by Gasteiger charge is -2.05. The predicted octanol–water partition coefficient (Wildman–Crippen LogP) is 3.38. The van der Waals surface area contributed by atoms with Crippen LogP contribution < -0.4 is 5.32 Å². The van der Waals surface area contributed by atoms with E-state index in [1.54, 1.807) is 0 Å². The largest absolute Gasteiger partial charge is 0.326 e. The molecule has 15 heavy (non-hydrogen) atoms. The molecule has 0 heterocycles. The standard InChI is InChI=1S/C13H19NO/c1-3-5-9-13(15)14-12-8-6-7-11(4-2)10-12/h6-8,10H,3-5,9H2,1-2H3,(H,14,15). The van der Waals surface area contributed by atoms with Crippen molar-refractivity contribution in [3.63, 3.8) is 0 Å². The summed E-state index contributed by atoms with van der Waals surface area (Å²) in [5.41, 5.74) is 2.17. The molecule has 0 saturated heterocycles. The molecule has 0 aliphatic carbocycles. The monoisotopic (exact) mass is 205 g/mol. The Morgan fingerprint density at radius 1 is 1.33 bits per heavy atom. The predicted molar refractivity (Wildman–Crippen MR) is 64.0 cm³/mol. The van der Waals surface area contributed by atoms with Crippen molar-refractivity contribution >= 4 is 11.6 Å². The van der Waals surface area contributed by atoms with E-state index in [9.17, 15) is 4.79 Å². The Morgan fingerprint density at radius 2 is 2.13 bits per heavy atom. The smallest absolute Gasteiger partial charge is 0.224 e. The number of hydrogen-bond acceptors (Lipinski definition) is 1. The number of carbonyl (C=O) groups excluding carboxylic acids is 1. The molecule has 0 spiro atoms. The number of aryl methyl sites for hydroxylation is 1. The Labute approximate surface area is 91.7 Å². The normalized spacial score (nSPS) is 10.0. The lowest BCUT2D eigenvalue weighted by molar-refractivity contribution is -0.116. The number of unbranched alkanes of at least 4 members (excludes halogenated alkanes) is 1. The summed E-state index contributed by atoms with van der Waals surface area (Å²) in [6.07, 6.45) is 3.63. The summed E-state index contributed by atoms with van der Waals surface area (Å²) in [4.78, 5) is 11.5. The number of anilines is 1. The fourth-order valence-corrected chi connectivity index (χ4v) is 1.43. The summed E-state index contributed by atoms with van der Waals surface area (Å²) >= 11 is 0. The highest BCUT2D eigenvalue weighted by molar-refractivity contribution is 5.90. The summed E-state index contributed by atoms with van der Waals surface area (Å²) in [7, 11) is 0. The van der Waals surface area contributed by atoms with Gasteiger partial charge >= 0.3 is 0 Å². The van der Waals surface area contributed by atoms with Crippen LogP contribution in [0.25, 0.3) is 0 Å². The van der Waals surface area contributed by atoms with E-state index in [2.05, 4.69) is 25.2 Å². The van der Waals surface area contributed by atoms with E-state index < -0.39 is 0 Å².